The summed E-state index contributed by atoms with van der Waals surface area (Å²) in [6.45, 7) is 0.616. The standard InChI is InChI=1S/C8H14N2O3/c1-13-7(11)5-10-4-2-3-6(9)8(10)12/h6H,2-5,9H2,1H3/t6-/m0/s1. The SMILES string of the molecule is COC(=O)CN1CCC[C@H](N)C1=O. The molecule has 0 unspecified atom stereocenters. The lowest BCUT2D eigenvalue weighted by atomic mass is 10.1. The molecular weight excluding hydrogens is 172 g/mol. The van der Waals surface area contributed by atoms with E-state index in [1.54, 1.807) is 0 Å². The maximum Gasteiger partial charge on any atom is 0.325 e. The van der Waals surface area contributed by atoms with Gasteiger partial charge >= 0.3 is 5.97 Å². The third-order valence-corrected chi connectivity index (χ3v) is 2.12. The van der Waals surface area contributed by atoms with Gasteiger partial charge in [-0.05, 0) is 12.8 Å². The Kier molecular flexibility index (Phi) is 3.25. The number of nitrogens with two attached hydrogens (primary N) is 1. The van der Waals surface area contributed by atoms with Crippen molar-refractivity contribution in [2.24, 2.45) is 5.73 Å². The first kappa shape index (κ1) is 9.98. The van der Waals surface area contributed by atoms with Gasteiger partial charge in [0.25, 0.3) is 0 Å². The topological polar surface area (TPSA) is 72.6 Å². The molecule has 2 N–H and O–H groups in total. The van der Waals surface area contributed by atoms with Gasteiger partial charge in [-0.3, -0.25) is 9.59 Å². The van der Waals surface area contributed by atoms with E-state index >= 15 is 0 Å². The molecule has 1 rings (SSSR count). The summed E-state index contributed by atoms with van der Waals surface area (Å²) >= 11 is 0. The summed E-state index contributed by atoms with van der Waals surface area (Å²) in [6, 6.07) is -0.446. The number of carbonyl (C=O) groups excluding carboxylic acids is 2. The number of esters is 1. The molecule has 1 fully saturated rings. The first-order valence-electron chi connectivity index (χ1n) is 4.26. The van der Waals surface area contributed by atoms with Gasteiger partial charge in [0.15, 0.2) is 0 Å². The Hall–Kier alpha value is -1.10. The highest BCUT2D eigenvalue weighted by molar-refractivity contribution is 5.86. The fraction of sp³-hybridized carbons (Fsp3) is 0.750. The molecule has 13 heavy (non-hydrogen) atoms. The van der Waals surface area contributed by atoms with Crippen LogP contribution in [-0.2, 0) is 14.3 Å². The van der Waals surface area contributed by atoms with E-state index in [0.717, 1.165) is 6.42 Å². The number of rotatable bonds is 2. The number of methoxy groups -OCH3 is 1. The number of ether oxygens (including phenoxy) is 1. The van der Waals surface area contributed by atoms with E-state index in [0.29, 0.717) is 13.0 Å². The van der Waals surface area contributed by atoms with Crippen molar-refractivity contribution in [1.82, 2.24) is 4.90 Å². The first-order chi connectivity index (χ1) is 6.15. The van der Waals surface area contributed by atoms with Crippen LogP contribution in [0.3, 0.4) is 0 Å². The Morgan fingerprint density at radius 2 is 2.46 bits per heavy atom. The molecule has 0 spiro atoms. The minimum atomic E-state index is -0.446. The smallest absolute Gasteiger partial charge is 0.325 e. The predicted octanol–water partition coefficient (Wildman–Crippen LogP) is -0.891. The molecule has 1 aliphatic rings. The predicted molar refractivity (Wildman–Crippen MR) is 45.8 cm³/mol. The maximum absolute atomic E-state index is 11.4. The third-order valence-electron chi connectivity index (χ3n) is 2.12. The van der Waals surface area contributed by atoms with E-state index < -0.39 is 12.0 Å². The minimum absolute atomic E-state index is 0.0169. The van der Waals surface area contributed by atoms with E-state index in [2.05, 4.69) is 4.74 Å². The quantitative estimate of drug-likeness (QED) is 0.568. The highest BCUT2D eigenvalue weighted by Crippen LogP contribution is 2.09. The Morgan fingerprint density at radius 3 is 3.08 bits per heavy atom. The summed E-state index contributed by atoms with van der Waals surface area (Å²) in [5.41, 5.74) is 5.54. The summed E-state index contributed by atoms with van der Waals surface area (Å²) in [7, 11) is 1.30. The second kappa shape index (κ2) is 4.23. The molecule has 74 valence electrons. The maximum atomic E-state index is 11.4. The van der Waals surface area contributed by atoms with Crippen molar-refractivity contribution >= 4 is 11.9 Å². The van der Waals surface area contributed by atoms with E-state index in [9.17, 15) is 9.59 Å². The van der Waals surface area contributed by atoms with Gasteiger partial charge in [-0.15, -0.1) is 0 Å². The van der Waals surface area contributed by atoms with E-state index in [1.807, 2.05) is 0 Å². The fourth-order valence-electron chi connectivity index (χ4n) is 1.35. The van der Waals surface area contributed by atoms with Crippen molar-refractivity contribution in [2.75, 3.05) is 20.2 Å². The highest BCUT2D eigenvalue weighted by atomic mass is 16.5. The van der Waals surface area contributed by atoms with Gasteiger partial charge in [-0.25, -0.2) is 0 Å². The number of hydrogen-bond donors (Lipinski definition) is 1. The zero-order valence-corrected chi connectivity index (χ0v) is 7.66. The van der Waals surface area contributed by atoms with Crippen LogP contribution >= 0.6 is 0 Å². The number of nitrogens with zero attached hydrogens (tertiary/aromatic N) is 1. The van der Waals surface area contributed by atoms with Crippen molar-refractivity contribution in [3.8, 4) is 0 Å². The van der Waals surface area contributed by atoms with Crippen LogP contribution in [0.4, 0.5) is 0 Å². The third kappa shape index (κ3) is 2.42. The Bertz CT molecular complexity index is 217. The van der Waals surface area contributed by atoms with Crippen LogP contribution in [0.15, 0.2) is 0 Å². The van der Waals surface area contributed by atoms with Crippen molar-refractivity contribution in [1.29, 1.82) is 0 Å². The molecule has 1 amide bonds. The molecule has 0 bridgehead atoms. The van der Waals surface area contributed by atoms with Gasteiger partial charge in [0.2, 0.25) is 5.91 Å². The zero-order chi connectivity index (χ0) is 9.84. The number of piperidine rings is 1. The Labute approximate surface area is 76.8 Å². The first-order valence-corrected chi connectivity index (χ1v) is 4.26. The molecule has 0 radical (unpaired) electrons. The molecule has 1 aliphatic heterocycles. The summed E-state index contributed by atoms with van der Waals surface area (Å²) in [5, 5.41) is 0. The zero-order valence-electron chi connectivity index (χ0n) is 7.66. The van der Waals surface area contributed by atoms with Crippen LogP contribution < -0.4 is 5.73 Å². The van der Waals surface area contributed by atoms with Gasteiger partial charge in [0, 0.05) is 6.54 Å². The van der Waals surface area contributed by atoms with Crippen LogP contribution in [0.5, 0.6) is 0 Å². The van der Waals surface area contributed by atoms with E-state index in [-0.39, 0.29) is 12.5 Å². The van der Waals surface area contributed by atoms with Gasteiger partial charge in [-0.2, -0.15) is 0 Å². The molecule has 0 saturated carbocycles. The number of carbonyl (C=O) groups is 2. The van der Waals surface area contributed by atoms with Gasteiger partial charge < -0.3 is 15.4 Å². The van der Waals surface area contributed by atoms with Crippen LogP contribution in [-0.4, -0.2) is 43.0 Å². The van der Waals surface area contributed by atoms with Gasteiger partial charge in [-0.1, -0.05) is 0 Å². The van der Waals surface area contributed by atoms with Crippen LogP contribution in [0.2, 0.25) is 0 Å². The molecule has 5 nitrogen and oxygen atoms in total. The second-order valence-electron chi connectivity index (χ2n) is 3.08. The van der Waals surface area contributed by atoms with Crippen LogP contribution in [0.25, 0.3) is 0 Å². The molecule has 1 atom stereocenters. The molecular formula is C8H14N2O3. The van der Waals surface area contributed by atoms with Crippen molar-refractivity contribution in [3.63, 3.8) is 0 Å². The number of hydrogen-bond acceptors (Lipinski definition) is 4. The summed E-state index contributed by atoms with van der Waals surface area (Å²) in [6.07, 6.45) is 1.56. The lowest BCUT2D eigenvalue weighted by Crippen LogP contribution is -2.50. The fourth-order valence-corrected chi connectivity index (χ4v) is 1.35. The molecule has 1 saturated heterocycles. The van der Waals surface area contributed by atoms with Gasteiger partial charge in [0.05, 0.1) is 13.2 Å². The summed E-state index contributed by atoms with van der Waals surface area (Å²) in [5.74, 6) is -0.556. The van der Waals surface area contributed by atoms with Crippen LogP contribution in [0.1, 0.15) is 12.8 Å². The van der Waals surface area contributed by atoms with E-state index in [1.165, 1.54) is 12.0 Å². The Balaban J connectivity index is 2.49. The summed E-state index contributed by atoms with van der Waals surface area (Å²) < 4.78 is 4.46. The second-order valence-corrected chi connectivity index (χ2v) is 3.08. The monoisotopic (exact) mass is 186 g/mol. The van der Waals surface area contributed by atoms with Crippen molar-refractivity contribution in [2.45, 2.75) is 18.9 Å². The highest BCUT2D eigenvalue weighted by Gasteiger charge is 2.26. The molecule has 0 aliphatic carbocycles. The average molecular weight is 186 g/mol. The number of likely N-dealkylation sites (tertiary alicyclic amines) is 1. The molecule has 0 aromatic heterocycles. The van der Waals surface area contributed by atoms with Crippen molar-refractivity contribution in [3.05, 3.63) is 0 Å². The van der Waals surface area contributed by atoms with Gasteiger partial charge in [0.1, 0.15) is 6.54 Å². The lowest BCUT2D eigenvalue weighted by Gasteiger charge is -2.29. The Morgan fingerprint density at radius 1 is 1.77 bits per heavy atom. The molecule has 5 heteroatoms. The molecule has 0 aromatic rings. The molecule has 1 heterocycles. The molecule has 0 aromatic carbocycles. The van der Waals surface area contributed by atoms with Crippen molar-refractivity contribution < 1.29 is 14.3 Å². The minimum Gasteiger partial charge on any atom is -0.468 e. The number of amides is 1. The van der Waals surface area contributed by atoms with E-state index in [4.69, 9.17) is 5.73 Å². The summed E-state index contributed by atoms with van der Waals surface area (Å²) in [4.78, 5) is 23.7. The largest absolute Gasteiger partial charge is 0.468 e. The van der Waals surface area contributed by atoms with Crippen LogP contribution in [0, 0.1) is 0 Å². The normalized spacial score (nSPS) is 23.1. The lowest BCUT2D eigenvalue weighted by molar-refractivity contribution is -0.148. The average Bonchev–Trinajstić information content (AvgIpc) is 2.13.